The van der Waals surface area contributed by atoms with E-state index in [9.17, 15) is 18.0 Å². The molecule has 1 amide bonds. The van der Waals surface area contributed by atoms with Gasteiger partial charge in [0.05, 0.1) is 21.9 Å². The Morgan fingerprint density at radius 2 is 2.00 bits per heavy atom. The van der Waals surface area contributed by atoms with Gasteiger partial charge < -0.3 is 10.2 Å². The minimum atomic E-state index is -4.48. The molecule has 4 nitrogen and oxygen atoms in total. The van der Waals surface area contributed by atoms with E-state index in [0.717, 1.165) is 42.8 Å². The van der Waals surface area contributed by atoms with E-state index in [2.05, 4.69) is 17.2 Å². The van der Waals surface area contributed by atoms with Crippen molar-refractivity contribution in [3.8, 4) is 0 Å². The number of hydrogen-bond acceptors (Lipinski definition) is 4. The Kier molecular flexibility index (Phi) is 8.07. The summed E-state index contributed by atoms with van der Waals surface area (Å²) in [6.45, 7) is 6.84. The third kappa shape index (κ3) is 6.19. The largest absolute Gasteiger partial charge is 0.416 e. The van der Waals surface area contributed by atoms with Gasteiger partial charge in [-0.2, -0.15) is 13.2 Å². The van der Waals surface area contributed by atoms with Gasteiger partial charge in [-0.25, -0.2) is 4.98 Å². The molecule has 2 aromatic rings. The van der Waals surface area contributed by atoms with Gasteiger partial charge in [0, 0.05) is 24.9 Å². The fourth-order valence-electron chi connectivity index (χ4n) is 2.84. The van der Waals surface area contributed by atoms with E-state index in [4.69, 9.17) is 0 Å². The molecule has 0 fully saturated rings. The molecule has 0 saturated carbocycles. The van der Waals surface area contributed by atoms with Crippen LogP contribution in [0.1, 0.15) is 73.4 Å². The summed E-state index contributed by atoms with van der Waals surface area (Å²) in [7, 11) is 1.82. The van der Waals surface area contributed by atoms with E-state index in [1.54, 1.807) is 5.38 Å². The van der Waals surface area contributed by atoms with Gasteiger partial charge in [0.2, 0.25) is 0 Å². The number of anilines is 2. The summed E-state index contributed by atoms with van der Waals surface area (Å²) in [5, 5.41) is 5.14. The van der Waals surface area contributed by atoms with Gasteiger partial charge in [0.15, 0.2) is 0 Å². The van der Waals surface area contributed by atoms with Crippen molar-refractivity contribution in [3.05, 3.63) is 39.8 Å². The van der Waals surface area contributed by atoms with E-state index in [0.29, 0.717) is 12.2 Å². The van der Waals surface area contributed by atoms with Gasteiger partial charge >= 0.3 is 6.18 Å². The Morgan fingerprint density at radius 1 is 1.28 bits per heavy atom. The molecule has 2 rings (SSSR count). The predicted octanol–water partition coefficient (Wildman–Crippen LogP) is 6.55. The van der Waals surface area contributed by atoms with Crippen LogP contribution in [0.15, 0.2) is 23.6 Å². The van der Waals surface area contributed by atoms with Crippen molar-refractivity contribution < 1.29 is 18.0 Å². The molecule has 0 bridgehead atoms. The number of carbonyl (C=O) groups excluding carboxylic acids is 1. The molecule has 1 atom stereocenters. The number of amides is 1. The summed E-state index contributed by atoms with van der Waals surface area (Å²) in [6, 6.07) is 3.45. The highest BCUT2D eigenvalue weighted by Gasteiger charge is 2.31. The average Bonchev–Trinajstić information content (AvgIpc) is 3.17. The maximum absolute atomic E-state index is 13.2. The molecular weight excluding hydrogens is 399 g/mol. The third-order valence-electron chi connectivity index (χ3n) is 4.87. The minimum absolute atomic E-state index is 0.141. The lowest BCUT2D eigenvalue weighted by Gasteiger charge is -2.23. The maximum Gasteiger partial charge on any atom is 0.416 e. The normalized spacial score (nSPS) is 12.7. The smallest absolute Gasteiger partial charge is 0.373 e. The van der Waals surface area contributed by atoms with Crippen molar-refractivity contribution in [1.82, 2.24) is 4.98 Å². The Morgan fingerprint density at radius 3 is 2.62 bits per heavy atom. The lowest BCUT2D eigenvalue weighted by molar-refractivity contribution is -0.137. The van der Waals surface area contributed by atoms with Gasteiger partial charge in [-0.3, -0.25) is 4.79 Å². The highest BCUT2D eigenvalue weighted by Crippen LogP contribution is 2.35. The second-order valence-corrected chi connectivity index (χ2v) is 8.08. The quantitative estimate of drug-likeness (QED) is 0.461. The first-order chi connectivity index (χ1) is 13.7. The molecule has 8 heteroatoms. The number of benzene rings is 1. The van der Waals surface area contributed by atoms with Gasteiger partial charge in [-0.05, 0) is 31.0 Å². The molecular formula is C21H28F3N3OS. The molecule has 0 saturated heterocycles. The van der Waals surface area contributed by atoms with Crippen LogP contribution in [0.5, 0.6) is 0 Å². The predicted molar refractivity (Wildman–Crippen MR) is 113 cm³/mol. The first-order valence-electron chi connectivity index (χ1n) is 9.86. The van der Waals surface area contributed by atoms with E-state index in [1.807, 2.05) is 25.8 Å². The van der Waals surface area contributed by atoms with Crippen molar-refractivity contribution in [2.45, 2.75) is 58.5 Å². The maximum atomic E-state index is 13.2. The molecule has 1 aromatic carbocycles. The number of halogens is 3. The number of rotatable bonds is 9. The van der Waals surface area contributed by atoms with Gasteiger partial charge in [0.25, 0.3) is 5.91 Å². The molecule has 0 spiro atoms. The summed E-state index contributed by atoms with van der Waals surface area (Å²) < 4.78 is 39.6. The Bertz CT molecular complexity index is 820. The molecule has 0 aliphatic heterocycles. The number of nitrogens with one attached hydrogen (secondary N) is 1. The van der Waals surface area contributed by atoms with E-state index < -0.39 is 17.6 Å². The zero-order valence-corrected chi connectivity index (χ0v) is 18.1. The minimum Gasteiger partial charge on any atom is -0.373 e. The summed E-state index contributed by atoms with van der Waals surface area (Å²) in [5.74, 6) is -0.270. The lowest BCUT2D eigenvalue weighted by Crippen LogP contribution is -2.22. The van der Waals surface area contributed by atoms with Crippen LogP contribution < -0.4 is 10.2 Å². The molecule has 0 radical (unpaired) electrons. The fraction of sp³-hybridized carbons (Fsp3) is 0.524. The van der Waals surface area contributed by atoms with Crippen molar-refractivity contribution in [3.63, 3.8) is 0 Å². The number of nitrogens with zero attached hydrogens (tertiary/aromatic N) is 2. The van der Waals surface area contributed by atoms with E-state index in [1.165, 1.54) is 17.4 Å². The Hall–Kier alpha value is -2.09. The Labute approximate surface area is 174 Å². The molecule has 1 N–H and O–H groups in total. The number of alkyl halides is 3. The van der Waals surface area contributed by atoms with E-state index >= 15 is 0 Å². The molecule has 0 aliphatic carbocycles. The first kappa shape index (κ1) is 23.2. The van der Waals surface area contributed by atoms with Gasteiger partial charge in [-0.15, -0.1) is 11.3 Å². The van der Waals surface area contributed by atoms with Crippen LogP contribution >= 0.6 is 11.3 Å². The lowest BCUT2D eigenvalue weighted by atomic mass is 10.1. The zero-order valence-electron chi connectivity index (χ0n) is 17.3. The van der Waals surface area contributed by atoms with E-state index in [-0.39, 0.29) is 17.3 Å². The number of unbranched alkanes of at least 4 members (excludes halogenated alkanes) is 2. The zero-order chi connectivity index (χ0) is 21.6. The molecule has 1 aromatic heterocycles. The van der Waals surface area contributed by atoms with Crippen LogP contribution in [0, 0.1) is 0 Å². The molecule has 1 heterocycles. The summed E-state index contributed by atoms with van der Waals surface area (Å²) in [5.41, 5.74) is 0.126. The molecule has 1 unspecified atom stereocenters. The second-order valence-electron chi connectivity index (χ2n) is 7.19. The van der Waals surface area contributed by atoms with Crippen LogP contribution in [0.25, 0.3) is 0 Å². The van der Waals surface area contributed by atoms with Crippen molar-refractivity contribution in [2.75, 3.05) is 23.8 Å². The standard InChI is InChI=1S/C21H28F3N3OS/c1-5-7-8-11-27(4)18-10-9-15(21(22,23)24)12-16(18)25-19(28)17-13-29-20(26-17)14(3)6-2/h9-10,12-14H,5-8,11H2,1-4H3,(H,25,28). The monoisotopic (exact) mass is 427 g/mol. The van der Waals surface area contributed by atoms with Crippen LogP contribution in [0.2, 0.25) is 0 Å². The third-order valence-corrected chi connectivity index (χ3v) is 5.95. The summed E-state index contributed by atoms with van der Waals surface area (Å²) >= 11 is 1.39. The summed E-state index contributed by atoms with van der Waals surface area (Å²) in [6.07, 6.45) is -0.583. The molecule has 29 heavy (non-hydrogen) atoms. The topological polar surface area (TPSA) is 45.2 Å². The summed E-state index contributed by atoms with van der Waals surface area (Å²) in [4.78, 5) is 18.9. The molecule has 0 aliphatic rings. The van der Waals surface area contributed by atoms with Crippen molar-refractivity contribution in [2.24, 2.45) is 0 Å². The van der Waals surface area contributed by atoms with Crippen LogP contribution in [-0.2, 0) is 6.18 Å². The molecule has 160 valence electrons. The van der Waals surface area contributed by atoms with Crippen molar-refractivity contribution in [1.29, 1.82) is 0 Å². The number of hydrogen-bond donors (Lipinski definition) is 1. The number of aromatic nitrogens is 1. The Balaban J connectivity index is 2.29. The highest BCUT2D eigenvalue weighted by atomic mass is 32.1. The average molecular weight is 428 g/mol. The SMILES string of the molecule is CCCCCN(C)c1ccc(C(F)(F)F)cc1NC(=O)c1csc(C(C)CC)n1. The van der Waals surface area contributed by atoms with Gasteiger partial charge in [-0.1, -0.05) is 33.6 Å². The fourth-order valence-corrected chi connectivity index (χ4v) is 3.79. The van der Waals surface area contributed by atoms with Gasteiger partial charge in [0.1, 0.15) is 5.69 Å². The van der Waals surface area contributed by atoms with Crippen LogP contribution in [0.3, 0.4) is 0 Å². The second kappa shape index (κ2) is 10.1. The highest BCUT2D eigenvalue weighted by molar-refractivity contribution is 7.09. The van der Waals surface area contributed by atoms with Crippen LogP contribution in [0.4, 0.5) is 24.5 Å². The number of carbonyl (C=O) groups is 1. The van der Waals surface area contributed by atoms with Crippen molar-refractivity contribution >= 4 is 28.6 Å². The first-order valence-corrected chi connectivity index (χ1v) is 10.7. The number of thiazole rings is 1. The van der Waals surface area contributed by atoms with Crippen LogP contribution in [-0.4, -0.2) is 24.5 Å².